The summed E-state index contributed by atoms with van der Waals surface area (Å²) >= 11 is 0. The normalized spacial score (nSPS) is 10.5. The number of fused-ring (bicyclic) bond motifs is 1. The number of benzene rings is 1. The zero-order chi connectivity index (χ0) is 8.55. The number of nitrogens with zero attached hydrogens (tertiary/aromatic N) is 1. The molecule has 0 aliphatic heterocycles. The Morgan fingerprint density at radius 1 is 1.25 bits per heavy atom. The lowest BCUT2D eigenvalue weighted by Gasteiger charge is -2.00. The molecule has 0 amide bonds. The van der Waals surface area contributed by atoms with Gasteiger partial charge in [0.2, 0.25) is 0 Å². The Balaban J connectivity index is 2.95. The number of hydrogen-bond donors (Lipinski definition) is 0. The Morgan fingerprint density at radius 3 is 2.83 bits per heavy atom. The summed E-state index contributed by atoms with van der Waals surface area (Å²) in [7, 11) is 0. The third kappa shape index (κ3) is 0.961. The van der Waals surface area contributed by atoms with Crippen LogP contribution in [0.3, 0.4) is 0 Å². The summed E-state index contributed by atoms with van der Waals surface area (Å²) in [5, 5.41) is 0.887. The number of rotatable bonds is 0. The first kappa shape index (κ1) is 7.22. The highest BCUT2D eigenvalue weighted by Gasteiger charge is 2.01. The van der Waals surface area contributed by atoms with Crippen LogP contribution < -0.4 is 0 Å². The average molecular weight is 161 g/mol. The van der Waals surface area contributed by atoms with E-state index >= 15 is 0 Å². The molecule has 0 aliphatic rings. The lowest BCUT2D eigenvalue weighted by molar-refractivity contribution is 0.636. The molecule has 0 unspecified atom stereocenters. The van der Waals surface area contributed by atoms with Gasteiger partial charge >= 0.3 is 0 Å². The molecule has 2 heteroatoms. The first-order valence-electron chi connectivity index (χ1n) is 3.79. The Bertz CT molecular complexity index is 383. The number of pyridine rings is 1. The van der Waals surface area contributed by atoms with Crippen LogP contribution in [0.2, 0.25) is 0 Å². The fourth-order valence-electron chi connectivity index (χ4n) is 1.28. The quantitative estimate of drug-likeness (QED) is 0.578. The first-order valence-corrected chi connectivity index (χ1v) is 3.79. The summed E-state index contributed by atoms with van der Waals surface area (Å²) in [4.78, 5) is 3.97. The van der Waals surface area contributed by atoms with Crippen molar-refractivity contribution in [1.29, 1.82) is 0 Å². The molecule has 1 aromatic carbocycles. The molecule has 0 fully saturated rings. The first-order chi connectivity index (χ1) is 5.79. The Morgan fingerprint density at radius 2 is 2.08 bits per heavy atom. The molecule has 0 radical (unpaired) electrons. The molecule has 1 heterocycles. The van der Waals surface area contributed by atoms with Crippen LogP contribution >= 0.6 is 0 Å². The minimum Gasteiger partial charge on any atom is -0.253 e. The summed E-state index contributed by atoms with van der Waals surface area (Å²) in [6.07, 6.45) is 1.60. The second-order valence-corrected chi connectivity index (χ2v) is 2.76. The van der Waals surface area contributed by atoms with Crippen LogP contribution in [0.25, 0.3) is 10.9 Å². The largest absolute Gasteiger partial charge is 0.253 e. The molecule has 1 aromatic heterocycles. The van der Waals surface area contributed by atoms with Gasteiger partial charge in [0.1, 0.15) is 11.3 Å². The van der Waals surface area contributed by atoms with Gasteiger partial charge in [0.15, 0.2) is 0 Å². The monoisotopic (exact) mass is 161 g/mol. The van der Waals surface area contributed by atoms with Gasteiger partial charge in [-0.2, -0.15) is 0 Å². The van der Waals surface area contributed by atoms with Crippen LogP contribution in [0.4, 0.5) is 4.39 Å². The third-order valence-corrected chi connectivity index (χ3v) is 1.94. The van der Waals surface area contributed by atoms with Crippen molar-refractivity contribution in [2.75, 3.05) is 0 Å². The maximum absolute atomic E-state index is 13.1. The van der Waals surface area contributed by atoms with Crippen LogP contribution in [0, 0.1) is 12.7 Å². The van der Waals surface area contributed by atoms with E-state index < -0.39 is 0 Å². The van der Waals surface area contributed by atoms with Crippen molar-refractivity contribution in [1.82, 2.24) is 4.98 Å². The molecule has 0 saturated carbocycles. The van der Waals surface area contributed by atoms with E-state index in [2.05, 4.69) is 4.98 Å². The van der Waals surface area contributed by atoms with E-state index in [0.717, 1.165) is 10.9 Å². The molecule has 1 nitrogen and oxygen atoms in total. The summed E-state index contributed by atoms with van der Waals surface area (Å²) in [5.41, 5.74) is 1.51. The third-order valence-electron chi connectivity index (χ3n) is 1.94. The zero-order valence-corrected chi connectivity index (χ0v) is 6.71. The standard InChI is InChI=1S/C10H8FN/c1-7-4-5-9(11)10-8(7)3-2-6-12-10/h2-6H,1H3. The van der Waals surface area contributed by atoms with Crippen molar-refractivity contribution in [3.8, 4) is 0 Å². The molecule has 2 aromatic rings. The highest BCUT2D eigenvalue weighted by molar-refractivity contribution is 5.82. The van der Waals surface area contributed by atoms with Crippen LogP contribution in [0.1, 0.15) is 5.56 Å². The smallest absolute Gasteiger partial charge is 0.149 e. The number of aryl methyl sites for hydroxylation is 1. The van der Waals surface area contributed by atoms with Crippen LogP contribution in [0.15, 0.2) is 30.5 Å². The fourth-order valence-corrected chi connectivity index (χ4v) is 1.28. The highest BCUT2D eigenvalue weighted by Crippen LogP contribution is 2.18. The topological polar surface area (TPSA) is 12.9 Å². The molecule has 2 rings (SSSR count). The predicted molar refractivity (Wildman–Crippen MR) is 46.4 cm³/mol. The average Bonchev–Trinajstić information content (AvgIpc) is 2.12. The van der Waals surface area contributed by atoms with Gasteiger partial charge in [-0.05, 0) is 24.6 Å². The minimum atomic E-state index is -0.254. The Kier molecular flexibility index (Phi) is 1.54. The lowest BCUT2D eigenvalue weighted by Crippen LogP contribution is -1.85. The fraction of sp³-hybridized carbons (Fsp3) is 0.100. The minimum absolute atomic E-state index is 0.254. The van der Waals surface area contributed by atoms with E-state index in [9.17, 15) is 4.39 Å². The van der Waals surface area contributed by atoms with Gasteiger partial charge in [-0.15, -0.1) is 0 Å². The maximum Gasteiger partial charge on any atom is 0.149 e. The summed E-state index contributed by atoms with van der Waals surface area (Å²) in [6.45, 7) is 1.95. The van der Waals surface area contributed by atoms with Crippen molar-refractivity contribution in [2.45, 2.75) is 6.92 Å². The van der Waals surface area contributed by atoms with Gasteiger partial charge in [-0.1, -0.05) is 12.1 Å². The second kappa shape index (κ2) is 2.55. The van der Waals surface area contributed by atoms with E-state index in [1.807, 2.05) is 19.1 Å². The Labute approximate surface area is 69.9 Å². The highest BCUT2D eigenvalue weighted by atomic mass is 19.1. The van der Waals surface area contributed by atoms with Gasteiger partial charge in [-0.25, -0.2) is 4.39 Å². The molecule has 0 atom stereocenters. The van der Waals surface area contributed by atoms with E-state index in [0.29, 0.717) is 5.52 Å². The van der Waals surface area contributed by atoms with Gasteiger partial charge in [0.05, 0.1) is 0 Å². The van der Waals surface area contributed by atoms with Crippen LogP contribution in [0.5, 0.6) is 0 Å². The molecule has 0 aliphatic carbocycles. The van der Waals surface area contributed by atoms with Crippen LogP contribution in [-0.4, -0.2) is 4.98 Å². The summed E-state index contributed by atoms with van der Waals surface area (Å²) < 4.78 is 13.1. The molecular formula is C10H8FN. The van der Waals surface area contributed by atoms with Gasteiger partial charge in [0, 0.05) is 11.6 Å². The second-order valence-electron chi connectivity index (χ2n) is 2.76. The molecule has 0 bridgehead atoms. The summed E-state index contributed by atoms with van der Waals surface area (Å²) in [6, 6.07) is 6.90. The van der Waals surface area contributed by atoms with E-state index in [1.54, 1.807) is 12.3 Å². The van der Waals surface area contributed by atoms with Gasteiger partial charge < -0.3 is 0 Å². The summed E-state index contributed by atoms with van der Waals surface area (Å²) in [5.74, 6) is -0.254. The molecule has 12 heavy (non-hydrogen) atoms. The predicted octanol–water partition coefficient (Wildman–Crippen LogP) is 2.68. The van der Waals surface area contributed by atoms with Crippen molar-refractivity contribution in [3.63, 3.8) is 0 Å². The van der Waals surface area contributed by atoms with Gasteiger partial charge in [-0.3, -0.25) is 4.98 Å². The molecule has 0 saturated heterocycles. The lowest BCUT2D eigenvalue weighted by atomic mass is 10.1. The van der Waals surface area contributed by atoms with Gasteiger partial charge in [0.25, 0.3) is 0 Å². The number of hydrogen-bond acceptors (Lipinski definition) is 1. The van der Waals surface area contributed by atoms with Crippen molar-refractivity contribution in [3.05, 3.63) is 41.8 Å². The number of aromatic nitrogens is 1. The Hall–Kier alpha value is -1.44. The molecule has 0 spiro atoms. The van der Waals surface area contributed by atoms with Crippen LogP contribution in [-0.2, 0) is 0 Å². The molecule has 60 valence electrons. The van der Waals surface area contributed by atoms with Crippen molar-refractivity contribution >= 4 is 10.9 Å². The SMILES string of the molecule is Cc1ccc(F)c2ncccc12. The van der Waals surface area contributed by atoms with E-state index in [1.165, 1.54) is 6.07 Å². The number of halogens is 1. The van der Waals surface area contributed by atoms with E-state index in [4.69, 9.17) is 0 Å². The molecular weight excluding hydrogens is 153 g/mol. The molecule has 0 N–H and O–H groups in total. The van der Waals surface area contributed by atoms with E-state index in [-0.39, 0.29) is 5.82 Å². The zero-order valence-electron chi connectivity index (χ0n) is 6.71. The maximum atomic E-state index is 13.1. The van der Waals surface area contributed by atoms with Crippen molar-refractivity contribution < 1.29 is 4.39 Å². The van der Waals surface area contributed by atoms with Crippen molar-refractivity contribution in [2.24, 2.45) is 0 Å².